The van der Waals surface area contributed by atoms with Crippen LogP contribution in [0, 0.1) is 0 Å². The minimum Gasteiger partial charge on any atom is -0.507 e. The van der Waals surface area contributed by atoms with E-state index < -0.39 is 0 Å². The quantitative estimate of drug-likeness (QED) is 0.310. The summed E-state index contributed by atoms with van der Waals surface area (Å²) >= 11 is 0. The number of oxime groups is 1. The number of benzene rings is 1. The summed E-state index contributed by atoms with van der Waals surface area (Å²) in [6.45, 7) is 0. The summed E-state index contributed by atoms with van der Waals surface area (Å²) in [5, 5.41) is 19.9. The summed E-state index contributed by atoms with van der Waals surface area (Å²) < 4.78 is 0. The molecule has 0 atom stereocenters. The Morgan fingerprint density at radius 1 is 1.27 bits per heavy atom. The predicted molar refractivity (Wildman–Crippen MR) is 37.5 cm³/mol. The molecule has 2 N–H and O–H groups in total. The van der Waals surface area contributed by atoms with Gasteiger partial charge in [-0.05, 0) is 12.1 Å². The Labute approximate surface area is 74.8 Å². The molecule has 1 rings (SSSR count). The summed E-state index contributed by atoms with van der Waals surface area (Å²) in [5.41, 5.74) is 0.505. The van der Waals surface area contributed by atoms with Crippen molar-refractivity contribution in [1.29, 1.82) is 0 Å². The third-order valence-electron chi connectivity index (χ3n) is 1.13. The van der Waals surface area contributed by atoms with E-state index in [0.717, 1.165) is 0 Å². The van der Waals surface area contributed by atoms with E-state index in [-0.39, 0.29) is 22.8 Å². The van der Waals surface area contributed by atoms with E-state index >= 15 is 0 Å². The number of para-hydroxylation sites is 1. The summed E-state index contributed by atoms with van der Waals surface area (Å²) in [6.07, 6.45) is 1.18. The molecule has 61 valence electrons. The van der Waals surface area contributed by atoms with Crippen molar-refractivity contribution in [2.75, 3.05) is 0 Å². The molecule has 0 aliphatic carbocycles. The molecule has 0 saturated heterocycles. The predicted octanol–water partition coefficient (Wildman–Crippen LogP) is 1.20. The molecule has 0 unspecified atom stereocenters. The van der Waals surface area contributed by atoms with Gasteiger partial charge in [-0.1, -0.05) is 17.3 Å². The average Bonchev–Trinajstić information content (AvgIpc) is 1.94. The third-order valence-corrected chi connectivity index (χ3v) is 1.13. The molecular weight excluding hydrogens is 194 g/mol. The zero-order chi connectivity index (χ0) is 7.40. The van der Waals surface area contributed by atoms with Crippen molar-refractivity contribution in [2.24, 2.45) is 5.16 Å². The van der Waals surface area contributed by atoms with Gasteiger partial charge in [0.25, 0.3) is 0 Å². The smallest absolute Gasteiger partial charge is 0.507 e. The molecule has 0 fully saturated rings. The van der Waals surface area contributed by atoms with E-state index in [9.17, 15) is 0 Å². The van der Waals surface area contributed by atoms with E-state index in [1.807, 2.05) is 0 Å². The van der Waals surface area contributed by atoms with Gasteiger partial charge in [0, 0.05) is 5.56 Å². The molecule has 0 spiro atoms. The summed E-state index contributed by atoms with van der Waals surface area (Å²) in [6, 6.07) is 6.62. The van der Waals surface area contributed by atoms with Gasteiger partial charge in [-0.15, -0.1) is 0 Å². The van der Waals surface area contributed by atoms with Crippen LogP contribution in [0.4, 0.5) is 0 Å². The summed E-state index contributed by atoms with van der Waals surface area (Å²) in [4.78, 5) is 0. The molecule has 1 radical (unpaired) electrons. The van der Waals surface area contributed by atoms with Gasteiger partial charge in [-0.25, -0.2) is 0 Å². The first-order valence-electron chi connectivity index (χ1n) is 2.80. The van der Waals surface area contributed by atoms with Crippen LogP contribution in [0.5, 0.6) is 5.75 Å². The fraction of sp³-hybridized carbons (Fsp3) is 0. The number of hydrogen-bond donors (Lipinski definition) is 2. The van der Waals surface area contributed by atoms with Gasteiger partial charge in [0.1, 0.15) is 5.75 Å². The minimum atomic E-state index is 0. The molecule has 0 bridgehead atoms. The monoisotopic (exact) mass is 200 g/mol. The van der Waals surface area contributed by atoms with E-state index in [1.165, 1.54) is 12.3 Å². The zero-order valence-corrected chi connectivity index (χ0v) is 6.47. The van der Waals surface area contributed by atoms with Crippen molar-refractivity contribution >= 4 is 6.21 Å². The number of phenols is 1. The van der Waals surface area contributed by atoms with Crippen molar-refractivity contribution < 1.29 is 27.4 Å². The molecule has 1 aromatic carbocycles. The molecule has 11 heavy (non-hydrogen) atoms. The van der Waals surface area contributed by atoms with E-state index in [1.54, 1.807) is 18.2 Å². The number of phenolic OH excluding ortho intramolecular Hbond substituents is 1. The van der Waals surface area contributed by atoms with Crippen LogP contribution in [0.15, 0.2) is 29.4 Å². The van der Waals surface area contributed by atoms with Crippen molar-refractivity contribution in [1.82, 2.24) is 0 Å². The number of aromatic hydroxyl groups is 1. The van der Waals surface area contributed by atoms with Gasteiger partial charge >= 0.3 is 17.1 Å². The second kappa shape index (κ2) is 4.77. The number of nitrogens with zero attached hydrogens (tertiary/aromatic N) is 1. The Hall–Kier alpha value is -0.991. The van der Waals surface area contributed by atoms with Crippen LogP contribution < -0.4 is 0 Å². The molecule has 1 aromatic rings. The molecule has 0 amide bonds. The normalized spacial score (nSPS) is 9.45. The van der Waals surface area contributed by atoms with E-state index in [4.69, 9.17) is 10.3 Å². The van der Waals surface area contributed by atoms with Crippen molar-refractivity contribution in [2.45, 2.75) is 0 Å². The Morgan fingerprint density at radius 3 is 2.45 bits per heavy atom. The Balaban J connectivity index is 0.000001000. The summed E-state index contributed by atoms with van der Waals surface area (Å²) in [7, 11) is 0. The number of rotatable bonds is 1. The molecule has 0 aliphatic heterocycles. The van der Waals surface area contributed by atoms with Crippen molar-refractivity contribution in [3.8, 4) is 5.75 Å². The topological polar surface area (TPSA) is 52.8 Å². The molecular formula is C7H7CuNO2+2. The van der Waals surface area contributed by atoms with Crippen LogP contribution in [0.1, 0.15) is 5.56 Å². The Morgan fingerprint density at radius 2 is 1.91 bits per heavy atom. The third kappa shape index (κ3) is 2.62. The second-order valence-electron chi connectivity index (χ2n) is 1.80. The van der Waals surface area contributed by atoms with E-state index in [2.05, 4.69) is 5.16 Å². The van der Waals surface area contributed by atoms with Gasteiger partial charge in [0.15, 0.2) is 0 Å². The molecule has 0 saturated carbocycles. The Bertz CT molecular complexity index is 250. The first kappa shape index (κ1) is 10.0. The summed E-state index contributed by atoms with van der Waals surface area (Å²) in [5.74, 6) is 0.111. The van der Waals surface area contributed by atoms with Gasteiger partial charge in [-0.3, -0.25) is 0 Å². The van der Waals surface area contributed by atoms with Crippen LogP contribution in [0.3, 0.4) is 0 Å². The molecule has 0 aliphatic rings. The molecule has 4 heteroatoms. The fourth-order valence-electron chi connectivity index (χ4n) is 0.659. The van der Waals surface area contributed by atoms with Gasteiger partial charge in [-0.2, -0.15) is 0 Å². The Kier molecular flexibility index (Phi) is 4.34. The zero-order valence-electron chi connectivity index (χ0n) is 5.53. The molecule has 3 nitrogen and oxygen atoms in total. The largest absolute Gasteiger partial charge is 2.00 e. The maximum atomic E-state index is 9.04. The maximum absolute atomic E-state index is 9.04. The van der Waals surface area contributed by atoms with Crippen LogP contribution in [-0.4, -0.2) is 16.5 Å². The number of hydrogen-bond acceptors (Lipinski definition) is 3. The van der Waals surface area contributed by atoms with Crippen LogP contribution in [-0.2, 0) is 17.1 Å². The van der Waals surface area contributed by atoms with E-state index in [0.29, 0.717) is 5.56 Å². The van der Waals surface area contributed by atoms with Crippen molar-refractivity contribution in [3.63, 3.8) is 0 Å². The minimum absolute atomic E-state index is 0. The molecule has 0 heterocycles. The first-order chi connectivity index (χ1) is 4.84. The van der Waals surface area contributed by atoms with Gasteiger partial charge < -0.3 is 10.3 Å². The van der Waals surface area contributed by atoms with Crippen LogP contribution in [0.25, 0.3) is 0 Å². The first-order valence-corrected chi connectivity index (χ1v) is 2.80. The maximum Gasteiger partial charge on any atom is 2.00 e. The van der Waals surface area contributed by atoms with Crippen molar-refractivity contribution in [3.05, 3.63) is 29.8 Å². The SMILES string of the molecule is O/N=C/c1ccccc1O.[Cu+2]. The average molecular weight is 201 g/mol. The van der Waals surface area contributed by atoms with Crippen LogP contribution in [0.2, 0.25) is 0 Å². The second-order valence-corrected chi connectivity index (χ2v) is 1.80. The fourth-order valence-corrected chi connectivity index (χ4v) is 0.659. The standard InChI is InChI=1S/C7H7NO2.Cu/c9-7-4-2-1-3-6(7)5-8-10;/h1-5,9-10H;/q;+2/b8-5+;. The van der Waals surface area contributed by atoms with Gasteiger partial charge in [0.05, 0.1) is 6.21 Å². The molecule has 0 aromatic heterocycles. The van der Waals surface area contributed by atoms with Gasteiger partial charge in [0.2, 0.25) is 0 Å². The van der Waals surface area contributed by atoms with Crippen LogP contribution >= 0.6 is 0 Å².